The first-order valence-electron chi connectivity index (χ1n) is 43.6. The number of hydrogen-bond acceptors (Lipinski definition) is 2. The van der Waals surface area contributed by atoms with Gasteiger partial charge in [0.05, 0.1) is 24.9 Å². The van der Waals surface area contributed by atoms with Crippen molar-refractivity contribution in [2.75, 3.05) is 0 Å². The number of aromatic nitrogens is 4. The number of fused-ring (bicyclic) bond motifs is 6. The number of para-hydroxylation sites is 2. The van der Waals surface area contributed by atoms with Crippen LogP contribution in [-0.2, 0) is 53.6 Å². The van der Waals surface area contributed by atoms with E-state index in [1.807, 2.05) is 47.0 Å². The van der Waals surface area contributed by atoms with Crippen LogP contribution in [0.2, 0.25) is 0 Å². The van der Waals surface area contributed by atoms with E-state index >= 15 is 0 Å². The third-order valence-corrected chi connectivity index (χ3v) is 14.3. The van der Waals surface area contributed by atoms with Crippen LogP contribution in [0, 0.1) is 18.5 Å². The van der Waals surface area contributed by atoms with Gasteiger partial charge in [-0.1, -0.05) is 187 Å². The van der Waals surface area contributed by atoms with E-state index in [1.165, 1.54) is 28.8 Å². The van der Waals surface area contributed by atoms with Gasteiger partial charge in [-0.15, -0.1) is 29.7 Å². The second kappa shape index (κ2) is 19.3. The second-order valence-electron chi connectivity index (χ2n) is 21.8. The number of imidazole rings is 1. The van der Waals surface area contributed by atoms with Crippen molar-refractivity contribution in [1.82, 2.24) is 14.1 Å². The van der Waals surface area contributed by atoms with Crippen LogP contribution < -0.4 is 9.30 Å². The van der Waals surface area contributed by atoms with Crippen LogP contribution in [0.15, 0.2) is 146 Å². The second-order valence-corrected chi connectivity index (χ2v) is 21.8. The summed E-state index contributed by atoms with van der Waals surface area (Å²) in [6, 6.07) is 23.6. The van der Waals surface area contributed by atoms with Crippen molar-refractivity contribution in [1.29, 1.82) is 0 Å². The number of rotatable bonds is 8. The maximum Gasteiger partial charge on any atom is 0.268 e. The van der Waals surface area contributed by atoms with E-state index < -0.39 is 193 Å². The summed E-state index contributed by atoms with van der Waals surface area (Å²) in [6.07, 6.45) is -17.9. The molecule has 0 spiro atoms. The van der Waals surface area contributed by atoms with E-state index in [0.717, 1.165) is 44.6 Å². The van der Waals surface area contributed by atoms with Gasteiger partial charge in [-0.3, -0.25) is 4.57 Å². The largest absolute Gasteiger partial charge is 0.510 e. The smallest absolute Gasteiger partial charge is 0.268 e. The van der Waals surface area contributed by atoms with Crippen molar-refractivity contribution in [3.8, 4) is 50.9 Å². The first-order chi connectivity index (χ1) is 52.0. The predicted octanol–water partition coefficient (Wildman–Crippen LogP) is 18.6. The maximum atomic E-state index is 10.5. The quantitative estimate of drug-likeness (QED) is 0.112. The van der Waals surface area contributed by atoms with Crippen molar-refractivity contribution >= 4 is 32.8 Å². The Balaban J connectivity index is 0.0000132. The van der Waals surface area contributed by atoms with E-state index in [2.05, 4.69) is 39.2 Å². The van der Waals surface area contributed by atoms with Crippen molar-refractivity contribution in [3.63, 3.8) is 0 Å². The topological polar surface area (TPSA) is 35.9 Å². The maximum absolute atomic E-state index is 10.5. The summed E-state index contributed by atoms with van der Waals surface area (Å²) in [5.74, 6) is 0.700. The third kappa shape index (κ3) is 9.40. The average Bonchev–Trinajstić information content (AvgIpc) is 0.734. The van der Waals surface area contributed by atoms with E-state index in [4.69, 9.17) is 38.5 Å². The molecule has 0 saturated carbocycles. The molecule has 10 aromatic rings. The molecule has 1 unspecified atom stereocenters. The minimum absolute atomic E-state index is 0. The monoisotopic (exact) mass is 1260 g/mol. The Morgan fingerprint density at radius 1 is 0.646 bits per heavy atom. The number of ether oxygens (including phenoxy) is 1. The number of pyridine rings is 1. The minimum atomic E-state index is -4.85. The van der Waals surface area contributed by atoms with Crippen molar-refractivity contribution in [3.05, 3.63) is 197 Å². The molecule has 3 heterocycles. The first kappa shape index (κ1) is 25.9. The number of hydrogen-bond donors (Lipinski definition) is 0. The van der Waals surface area contributed by atoms with Gasteiger partial charge in [0.25, 0.3) is 6.33 Å². The van der Waals surface area contributed by atoms with E-state index in [-0.39, 0.29) is 54.7 Å². The molecular weight excluding hydrogens is 1140 g/mol. The van der Waals surface area contributed by atoms with Gasteiger partial charge in [0.2, 0.25) is 0 Å². The van der Waals surface area contributed by atoms with Gasteiger partial charge >= 0.3 is 0 Å². The zero-order valence-corrected chi connectivity index (χ0v) is 46.2. The normalized spacial score (nSPS) is 28.3. The molecule has 0 fully saturated rings. The Morgan fingerprint density at radius 2 is 1.28 bits per heavy atom. The van der Waals surface area contributed by atoms with Crippen LogP contribution in [0.25, 0.3) is 72.3 Å². The summed E-state index contributed by atoms with van der Waals surface area (Å²) in [5.41, 5.74) is -29.2. The van der Waals surface area contributed by atoms with Gasteiger partial charge < -0.3 is 13.9 Å². The molecule has 3 aromatic heterocycles. The fourth-order valence-electron chi connectivity index (χ4n) is 10.1. The van der Waals surface area contributed by atoms with Gasteiger partial charge in [0.1, 0.15) is 5.82 Å². The molecule has 0 bridgehead atoms. The Morgan fingerprint density at radius 3 is 1.96 bits per heavy atom. The number of benzene rings is 7. The average molecular weight is 1260 g/mol. The molecule has 0 aliphatic heterocycles. The Bertz CT molecular complexity index is 5430. The zero-order valence-electron chi connectivity index (χ0n) is 80.9. The van der Waals surface area contributed by atoms with E-state index in [9.17, 15) is 21.9 Å². The summed E-state index contributed by atoms with van der Waals surface area (Å²) >= 11 is 0. The predicted molar refractivity (Wildman–Crippen MR) is 323 cm³/mol. The fraction of sp³-hybridized carbons (Fsp3) is 0.342. The molecule has 5 nitrogen and oxygen atoms in total. The molecule has 0 saturated heterocycles. The molecule has 0 N–H and O–H groups in total. The van der Waals surface area contributed by atoms with Gasteiger partial charge in [-0.05, 0) is 155 Å². The van der Waals surface area contributed by atoms with Crippen LogP contribution in [0.5, 0.6) is 11.5 Å². The van der Waals surface area contributed by atoms with Crippen molar-refractivity contribution in [2.24, 2.45) is 0 Å². The van der Waals surface area contributed by atoms with Crippen LogP contribution in [-0.4, -0.2) is 14.1 Å². The molecule has 2 aliphatic rings. The van der Waals surface area contributed by atoms with Crippen molar-refractivity contribution in [2.45, 2.75) is 161 Å². The van der Waals surface area contributed by atoms with Crippen LogP contribution >= 0.6 is 0 Å². The molecule has 406 valence electrons. The van der Waals surface area contributed by atoms with E-state index in [0.29, 0.717) is 23.8 Å². The van der Waals surface area contributed by atoms with Gasteiger partial charge in [-0.2, -0.15) is 18.2 Å². The van der Waals surface area contributed by atoms with Gasteiger partial charge in [-0.25, -0.2) is 4.98 Å². The zero-order chi connectivity index (χ0) is 86.6. The number of nitrogens with zero attached hydrogens (tertiary/aromatic N) is 4. The Kier molecular flexibility index (Phi) is 6.34. The Hall–Kier alpha value is -6.55. The van der Waals surface area contributed by atoms with Crippen molar-refractivity contribution < 1.29 is 81.1 Å². The molecule has 6 heteroatoms. The van der Waals surface area contributed by atoms with Crippen LogP contribution in [0.4, 0.5) is 0 Å². The Labute approximate surface area is 536 Å². The molecule has 2 aliphatic carbocycles. The summed E-state index contributed by atoms with van der Waals surface area (Å²) in [6.45, 7) is -19.7. The third-order valence-electron chi connectivity index (χ3n) is 14.3. The summed E-state index contributed by atoms with van der Waals surface area (Å²) in [5, 5.41) is 1.62. The fourth-order valence-corrected chi connectivity index (χ4v) is 10.1. The molecule has 1 atom stereocenters. The van der Waals surface area contributed by atoms with Gasteiger partial charge in [0, 0.05) is 86.8 Å². The van der Waals surface area contributed by atoms with E-state index in [1.54, 1.807) is 45.2 Å². The molecule has 7 aromatic carbocycles. The minimum Gasteiger partial charge on any atom is -0.510 e. The van der Waals surface area contributed by atoms with Crippen LogP contribution in [0.3, 0.4) is 0 Å². The van der Waals surface area contributed by atoms with Crippen LogP contribution in [0.1, 0.15) is 212 Å². The summed E-state index contributed by atoms with van der Waals surface area (Å²) in [4.78, 5) is 4.77. The molecule has 12 rings (SSSR count). The summed E-state index contributed by atoms with van der Waals surface area (Å²) in [7, 11) is 0. The standard InChI is InChI=1S/C73H76N4O.Pt/c1-15-73(14)38-37-72(12,13)61-41-48(27-32-59(61)73)55-24-19-23-54(47-26-31-58-60(40-47)71(10,11)36-35-70(58,8)9)67(55)76-46-75(63-33-28-49(42-65(63)76)68(2,3)4)51-20-18-21-52(44-51)78-53-29-30-57-56-22-16-17-25-62(56)77(64(57)45-53)66-43-50(34-39-74-66)69(5,6)7;/h16-34,39-43H,15,35-38H2,1-14H3;/q-2;/i8D3,9D3,10D3,11D3,12D3,13D3,14D3,15D2,26D,27D,31D,32D,35D2,36D2,37D2,38D2,40D,41D;. The first-order valence-corrected chi connectivity index (χ1v) is 25.1. The molecule has 0 amide bonds. The molecular formula is C73H76N4OPt-2. The molecule has 79 heavy (non-hydrogen) atoms. The SMILES string of the molecule is [2H]c1c([2H])c2c(c([2H])c1-c1cccc(-c3c([2H])c([2H])c4c(c3[2H])C(C([2H])([2H])[2H])(C([2H])([2H])[2H])C([2H])([2H])C([2H])([2H])C4(C([2H])([2H])[2H])C([2H])([2H])C)c1-[n+]1[c-]n(-c3[c-]c(Oc4[c-]c5c(cc4)c4ccccc4n5-c4cc(C(C)(C)C)ccn4)ccc3)c3ccc(C(C)(C)C)cc31)C(C([2H])([2H])[2H])(C([2H])([2H])[2H])C([2H])([2H])C([2H])([2H])C2(C([2H])([2H])[2H])C([2H])([2H])[2H].[Pt]. The van der Waals surface area contributed by atoms with Gasteiger partial charge in [0.15, 0.2) is 0 Å². The summed E-state index contributed by atoms with van der Waals surface area (Å²) < 4.78 is 359. The molecule has 0 radical (unpaired) electrons.